The Morgan fingerprint density at radius 3 is 2.70 bits per heavy atom. The van der Waals surface area contributed by atoms with E-state index in [-0.39, 0.29) is 23.9 Å². The Morgan fingerprint density at radius 1 is 1.10 bits per heavy atom. The Hall–Kier alpha value is -2.33. The predicted octanol–water partition coefficient (Wildman–Crippen LogP) is 4.30. The predicted molar refractivity (Wildman–Crippen MR) is 112 cm³/mol. The van der Waals surface area contributed by atoms with E-state index in [1.54, 1.807) is 0 Å². The van der Waals surface area contributed by atoms with Gasteiger partial charge in [0.1, 0.15) is 17.5 Å². The topological polar surface area (TPSA) is 66.8 Å². The van der Waals surface area contributed by atoms with Gasteiger partial charge in [0.15, 0.2) is 0 Å². The summed E-state index contributed by atoms with van der Waals surface area (Å²) in [4.78, 5) is 12.0. The second kappa shape index (κ2) is 6.10. The molecule has 2 aromatic rings. The number of benzene rings is 2. The molecule has 7 atom stereocenters. The van der Waals surface area contributed by atoms with Crippen molar-refractivity contribution < 1.29 is 19.7 Å². The average molecular weight is 405 g/mol. The van der Waals surface area contributed by atoms with Gasteiger partial charge in [0, 0.05) is 5.41 Å². The van der Waals surface area contributed by atoms with Crippen LogP contribution in [-0.2, 0) is 16.0 Å². The van der Waals surface area contributed by atoms with Crippen LogP contribution >= 0.6 is 0 Å². The second-order valence-corrected chi connectivity index (χ2v) is 10.2. The summed E-state index contributed by atoms with van der Waals surface area (Å²) in [6, 6.07) is 16.5. The summed E-state index contributed by atoms with van der Waals surface area (Å²) >= 11 is 0. The van der Waals surface area contributed by atoms with E-state index in [0.717, 1.165) is 25.7 Å². The second-order valence-electron chi connectivity index (χ2n) is 10.2. The van der Waals surface area contributed by atoms with E-state index in [1.165, 1.54) is 16.7 Å². The average Bonchev–Trinajstić information content (AvgIpc) is 3.14. The van der Waals surface area contributed by atoms with Gasteiger partial charge in [-0.05, 0) is 78.2 Å². The Morgan fingerprint density at radius 2 is 1.90 bits per heavy atom. The number of ether oxygens (including phenoxy) is 1. The van der Waals surface area contributed by atoms with E-state index in [0.29, 0.717) is 29.4 Å². The minimum Gasteiger partial charge on any atom is -0.508 e. The van der Waals surface area contributed by atoms with Gasteiger partial charge in [-0.3, -0.25) is 4.79 Å². The molecule has 6 rings (SSSR count). The maximum atomic E-state index is 12.0. The zero-order chi connectivity index (χ0) is 20.7. The summed E-state index contributed by atoms with van der Waals surface area (Å²) in [5.41, 5.74) is 2.57. The lowest BCUT2D eigenvalue weighted by Crippen LogP contribution is -2.53. The van der Waals surface area contributed by atoms with Crippen LogP contribution in [0.15, 0.2) is 48.5 Å². The first-order chi connectivity index (χ1) is 14.4. The maximum absolute atomic E-state index is 12.0. The van der Waals surface area contributed by atoms with E-state index in [4.69, 9.17) is 4.74 Å². The van der Waals surface area contributed by atoms with Crippen LogP contribution in [0, 0.1) is 17.3 Å². The van der Waals surface area contributed by atoms with Gasteiger partial charge < -0.3 is 14.9 Å². The van der Waals surface area contributed by atoms with Crippen molar-refractivity contribution >= 4 is 5.97 Å². The molecular weight excluding hydrogens is 376 g/mol. The molecule has 0 bridgehead atoms. The number of phenolic OH excluding ortho intramolecular Hbond substituents is 1. The van der Waals surface area contributed by atoms with Crippen molar-refractivity contribution in [2.75, 3.05) is 0 Å². The van der Waals surface area contributed by atoms with Crippen LogP contribution in [0.3, 0.4) is 0 Å². The smallest absolute Gasteiger partial charge is 0.309 e. The molecule has 1 unspecified atom stereocenters. The first kappa shape index (κ1) is 18.4. The number of fused-ring (bicyclic) bond motifs is 7. The third-order valence-corrected chi connectivity index (χ3v) is 9.06. The van der Waals surface area contributed by atoms with Crippen LogP contribution < -0.4 is 0 Å². The first-order valence-electron chi connectivity index (χ1n) is 11.2. The van der Waals surface area contributed by atoms with Crippen molar-refractivity contribution in [3.8, 4) is 5.75 Å². The molecule has 1 heterocycles. The lowest BCUT2D eigenvalue weighted by Gasteiger charge is -2.54. The van der Waals surface area contributed by atoms with Crippen LogP contribution in [-0.4, -0.2) is 27.9 Å². The van der Waals surface area contributed by atoms with E-state index < -0.39 is 5.60 Å². The normalized spacial score (nSPS) is 41.4. The Bertz CT molecular complexity index is 1020. The lowest BCUT2D eigenvalue weighted by atomic mass is 9.50. The number of carbonyl (C=O) groups is 1. The van der Waals surface area contributed by atoms with Gasteiger partial charge >= 0.3 is 5.97 Å². The summed E-state index contributed by atoms with van der Waals surface area (Å²) in [5.74, 6) is 1.48. The Balaban J connectivity index is 1.49. The molecular formula is C26H28O4. The molecule has 2 aromatic carbocycles. The highest BCUT2D eigenvalue weighted by atomic mass is 16.6. The van der Waals surface area contributed by atoms with Crippen LogP contribution in [0.4, 0.5) is 0 Å². The highest BCUT2D eigenvalue weighted by molar-refractivity contribution is 5.74. The number of carbonyl (C=O) groups excluding carboxylic acids is 1. The monoisotopic (exact) mass is 404 g/mol. The SMILES string of the molecule is C[C@]12CC[C@@H]3c4ccc(O)cc4C[C@@H](c4ccccc4)[C@H]3[C@@H]1CC1OC(=O)C[C@@]12O. The third kappa shape index (κ3) is 2.29. The fraction of sp³-hybridized carbons (Fsp3) is 0.500. The van der Waals surface area contributed by atoms with Crippen molar-refractivity contribution in [3.05, 3.63) is 65.2 Å². The third-order valence-electron chi connectivity index (χ3n) is 9.06. The first-order valence-corrected chi connectivity index (χ1v) is 11.2. The largest absolute Gasteiger partial charge is 0.508 e. The maximum Gasteiger partial charge on any atom is 0.309 e. The number of phenols is 1. The van der Waals surface area contributed by atoms with Crippen molar-refractivity contribution in [2.45, 2.75) is 62.6 Å². The fourth-order valence-corrected chi connectivity index (χ4v) is 7.64. The molecule has 3 fully saturated rings. The molecule has 0 spiro atoms. The van der Waals surface area contributed by atoms with Crippen LogP contribution in [0.2, 0.25) is 0 Å². The number of aliphatic hydroxyl groups is 1. The van der Waals surface area contributed by atoms with Crippen molar-refractivity contribution in [2.24, 2.45) is 17.3 Å². The van der Waals surface area contributed by atoms with Crippen LogP contribution in [0.25, 0.3) is 0 Å². The number of aromatic hydroxyl groups is 1. The summed E-state index contributed by atoms with van der Waals surface area (Å²) in [6.07, 6.45) is 3.27. The van der Waals surface area contributed by atoms with E-state index in [9.17, 15) is 15.0 Å². The van der Waals surface area contributed by atoms with E-state index in [1.807, 2.05) is 12.1 Å². The molecule has 2 N–H and O–H groups in total. The highest BCUT2D eigenvalue weighted by Gasteiger charge is 2.70. The van der Waals surface area contributed by atoms with Gasteiger partial charge in [-0.15, -0.1) is 0 Å². The van der Waals surface area contributed by atoms with Gasteiger partial charge in [-0.25, -0.2) is 0 Å². The molecule has 4 aliphatic rings. The molecule has 1 saturated heterocycles. The molecule has 0 amide bonds. The minimum atomic E-state index is -1.05. The Kier molecular flexibility index (Phi) is 3.75. The molecule has 30 heavy (non-hydrogen) atoms. The molecule has 2 saturated carbocycles. The molecule has 1 aliphatic heterocycles. The van der Waals surface area contributed by atoms with Gasteiger partial charge in [-0.1, -0.05) is 43.3 Å². The number of rotatable bonds is 1. The van der Waals surface area contributed by atoms with Gasteiger partial charge in [0.05, 0.1) is 6.42 Å². The lowest BCUT2D eigenvalue weighted by molar-refractivity contribution is -0.142. The van der Waals surface area contributed by atoms with Crippen LogP contribution in [0.5, 0.6) is 5.75 Å². The summed E-state index contributed by atoms with van der Waals surface area (Å²) < 4.78 is 5.63. The summed E-state index contributed by atoms with van der Waals surface area (Å²) in [5, 5.41) is 21.8. The number of hydrogen-bond donors (Lipinski definition) is 2. The number of hydrogen-bond acceptors (Lipinski definition) is 4. The van der Waals surface area contributed by atoms with Gasteiger partial charge in [0.2, 0.25) is 0 Å². The molecule has 156 valence electrons. The van der Waals surface area contributed by atoms with Crippen molar-refractivity contribution in [3.63, 3.8) is 0 Å². The molecule has 4 nitrogen and oxygen atoms in total. The summed E-state index contributed by atoms with van der Waals surface area (Å²) in [6.45, 7) is 2.20. The van der Waals surface area contributed by atoms with Crippen LogP contribution in [0.1, 0.15) is 61.1 Å². The van der Waals surface area contributed by atoms with E-state index >= 15 is 0 Å². The van der Waals surface area contributed by atoms with E-state index in [2.05, 4.69) is 43.3 Å². The van der Waals surface area contributed by atoms with Crippen molar-refractivity contribution in [1.29, 1.82) is 0 Å². The zero-order valence-electron chi connectivity index (χ0n) is 17.3. The molecule has 0 aromatic heterocycles. The van der Waals surface area contributed by atoms with Gasteiger partial charge in [0.25, 0.3) is 0 Å². The summed E-state index contributed by atoms with van der Waals surface area (Å²) in [7, 11) is 0. The van der Waals surface area contributed by atoms with Crippen molar-refractivity contribution in [1.82, 2.24) is 0 Å². The molecule has 0 radical (unpaired) electrons. The van der Waals surface area contributed by atoms with Gasteiger partial charge in [-0.2, -0.15) is 0 Å². The fourth-order valence-electron chi connectivity index (χ4n) is 7.64. The quantitative estimate of drug-likeness (QED) is 0.696. The molecule has 3 aliphatic carbocycles. The molecule has 4 heteroatoms. The number of esters is 1. The minimum absolute atomic E-state index is 0.127. The zero-order valence-corrected chi connectivity index (χ0v) is 17.3. The highest BCUT2D eigenvalue weighted by Crippen LogP contribution is 2.68. The Labute approximate surface area is 176 Å². The standard InChI is InChI=1S/C26H28O4/c1-25-10-9-19-18-8-7-17(27)11-16(18)12-20(15-5-3-2-4-6-15)24(19)21(25)13-22-26(25,29)14-23(28)30-22/h2-8,11,19-22,24,27,29H,9-10,12-14H2,1H3/t19-,20+,21+,22?,24+,25+,26-/m1/s1.